The van der Waals surface area contributed by atoms with Crippen molar-refractivity contribution in [3.05, 3.63) is 11.8 Å². The molecule has 1 unspecified atom stereocenters. The molecular weight excluding hydrogens is 404 g/mol. The molecular formula is C25H42N4O3. The van der Waals surface area contributed by atoms with E-state index in [9.17, 15) is 9.90 Å². The number of aliphatic hydroxyl groups is 1. The van der Waals surface area contributed by atoms with E-state index in [0.717, 1.165) is 56.7 Å². The standard InChI is InChI=1S/C25H42N4O3/c1-5-20(28-13-11-19(17-30)12-14-28)15-23(25(31)32-4)26-24-16-22(18(2)3)27-29(24)21-9-7-6-8-10-21/h15,18-21,30H,5-14,16-17H2,1-4H3/b23-15-,26-24+. The van der Waals surface area contributed by atoms with Crippen LogP contribution in [0.3, 0.4) is 0 Å². The van der Waals surface area contributed by atoms with Crippen LogP contribution in [0.4, 0.5) is 0 Å². The average Bonchev–Trinajstić information content (AvgIpc) is 3.26. The summed E-state index contributed by atoms with van der Waals surface area (Å²) in [5.74, 6) is 1.24. The van der Waals surface area contributed by atoms with Crippen LogP contribution in [0.25, 0.3) is 0 Å². The Balaban J connectivity index is 1.85. The lowest BCUT2D eigenvalue weighted by Crippen LogP contribution is -2.41. The molecule has 1 N–H and O–H groups in total. The van der Waals surface area contributed by atoms with E-state index in [1.54, 1.807) is 0 Å². The van der Waals surface area contributed by atoms with E-state index in [1.165, 1.54) is 26.4 Å². The van der Waals surface area contributed by atoms with E-state index >= 15 is 0 Å². The number of aliphatic hydroxyl groups excluding tert-OH is 1. The largest absolute Gasteiger partial charge is 0.464 e. The predicted molar refractivity (Wildman–Crippen MR) is 129 cm³/mol. The Bertz CT molecular complexity index is 717. The Hall–Kier alpha value is -1.73. The van der Waals surface area contributed by atoms with Gasteiger partial charge in [-0.2, -0.15) is 5.10 Å². The van der Waals surface area contributed by atoms with Crippen molar-refractivity contribution in [1.29, 1.82) is 0 Å². The Kier molecular flexibility index (Phi) is 9.29. The number of esters is 1. The highest BCUT2D eigenvalue weighted by Gasteiger charge is 2.32. The summed E-state index contributed by atoms with van der Waals surface area (Å²) in [5, 5.41) is 16.5. The molecule has 0 aromatic heterocycles. The van der Waals surface area contributed by atoms with E-state index < -0.39 is 0 Å². The number of hydrogen-bond acceptors (Lipinski definition) is 6. The van der Waals surface area contributed by atoms with Crippen molar-refractivity contribution in [3.63, 3.8) is 0 Å². The minimum Gasteiger partial charge on any atom is -0.464 e. The van der Waals surface area contributed by atoms with Gasteiger partial charge in [0.25, 0.3) is 0 Å². The van der Waals surface area contributed by atoms with Crippen molar-refractivity contribution in [2.75, 3.05) is 26.8 Å². The lowest BCUT2D eigenvalue weighted by Gasteiger charge is -2.35. The molecule has 1 atom stereocenters. The van der Waals surface area contributed by atoms with E-state index in [4.69, 9.17) is 14.8 Å². The van der Waals surface area contributed by atoms with Crippen LogP contribution in [0.5, 0.6) is 0 Å². The van der Waals surface area contributed by atoms with Gasteiger partial charge in [0.2, 0.25) is 0 Å². The Morgan fingerprint density at radius 3 is 2.47 bits per heavy atom. The minimum absolute atomic E-state index is 0.128. The van der Waals surface area contributed by atoms with Crippen LogP contribution < -0.4 is 0 Å². The van der Waals surface area contributed by atoms with E-state index in [0.29, 0.717) is 30.0 Å². The SMILES string of the molecule is CCC(/C=C(\N=C1/CC(C(C)C)=NN1C1CCCCC1)C(=O)OC)N1CCC(CO)CC1. The van der Waals surface area contributed by atoms with Gasteiger partial charge in [0, 0.05) is 24.8 Å². The predicted octanol–water partition coefficient (Wildman–Crippen LogP) is 3.98. The third-order valence-corrected chi connectivity index (χ3v) is 7.22. The fourth-order valence-electron chi connectivity index (χ4n) is 5.03. The number of piperidine rings is 1. The first kappa shape index (κ1) is 24.9. The number of carbonyl (C=O) groups is 1. The van der Waals surface area contributed by atoms with Crippen molar-refractivity contribution in [3.8, 4) is 0 Å². The van der Waals surface area contributed by atoms with Crippen molar-refractivity contribution in [1.82, 2.24) is 9.91 Å². The number of hydrazone groups is 1. The summed E-state index contributed by atoms with van der Waals surface area (Å²) < 4.78 is 5.12. The zero-order valence-corrected chi connectivity index (χ0v) is 20.4. The lowest BCUT2D eigenvalue weighted by atomic mass is 9.95. The number of hydrogen-bond donors (Lipinski definition) is 1. The summed E-state index contributed by atoms with van der Waals surface area (Å²) >= 11 is 0. The molecule has 1 saturated carbocycles. The van der Waals surface area contributed by atoms with Gasteiger partial charge >= 0.3 is 5.97 Å². The smallest absolute Gasteiger partial charge is 0.356 e. The number of nitrogens with zero attached hydrogens (tertiary/aromatic N) is 4. The van der Waals surface area contributed by atoms with Gasteiger partial charge in [-0.1, -0.05) is 40.0 Å². The van der Waals surface area contributed by atoms with Crippen molar-refractivity contribution in [2.45, 2.75) is 90.6 Å². The molecule has 180 valence electrons. The van der Waals surface area contributed by atoms with Crippen LogP contribution in [0.15, 0.2) is 21.9 Å². The van der Waals surface area contributed by atoms with Crippen LogP contribution in [0.2, 0.25) is 0 Å². The molecule has 1 saturated heterocycles. The topological polar surface area (TPSA) is 77.7 Å². The summed E-state index contributed by atoms with van der Waals surface area (Å²) in [4.78, 5) is 20.0. The zero-order valence-electron chi connectivity index (χ0n) is 20.4. The van der Waals surface area contributed by atoms with Crippen LogP contribution in [-0.2, 0) is 9.53 Å². The molecule has 0 spiro atoms. The molecule has 7 heteroatoms. The number of amidine groups is 1. The van der Waals surface area contributed by atoms with Crippen molar-refractivity contribution >= 4 is 17.5 Å². The monoisotopic (exact) mass is 446 g/mol. The molecule has 1 aliphatic carbocycles. The molecule has 32 heavy (non-hydrogen) atoms. The molecule has 3 aliphatic rings. The maximum absolute atomic E-state index is 12.7. The molecule has 0 radical (unpaired) electrons. The summed E-state index contributed by atoms with van der Waals surface area (Å²) in [6.07, 6.45) is 11.6. The fraction of sp³-hybridized carbons (Fsp3) is 0.800. The van der Waals surface area contributed by atoms with Gasteiger partial charge in [-0.3, -0.25) is 4.90 Å². The molecule has 3 rings (SSSR count). The number of aliphatic imine (C=N–C) groups is 1. The summed E-state index contributed by atoms with van der Waals surface area (Å²) in [7, 11) is 1.42. The van der Waals surface area contributed by atoms with Crippen LogP contribution in [0, 0.1) is 11.8 Å². The first-order chi connectivity index (χ1) is 15.5. The molecule has 2 aliphatic heterocycles. The first-order valence-electron chi connectivity index (χ1n) is 12.6. The maximum Gasteiger partial charge on any atom is 0.356 e. The quantitative estimate of drug-likeness (QED) is 0.451. The van der Waals surface area contributed by atoms with Gasteiger partial charge in [-0.15, -0.1) is 0 Å². The normalized spacial score (nSPS) is 24.3. The second-order valence-electron chi connectivity index (χ2n) is 9.77. The van der Waals surface area contributed by atoms with Crippen molar-refractivity contribution < 1.29 is 14.6 Å². The van der Waals surface area contributed by atoms with Gasteiger partial charge < -0.3 is 9.84 Å². The minimum atomic E-state index is -0.386. The molecule has 7 nitrogen and oxygen atoms in total. The van der Waals surface area contributed by atoms with Gasteiger partial charge in [-0.05, 0) is 63.1 Å². The molecule has 2 fully saturated rings. The van der Waals surface area contributed by atoms with E-state index in [2.05, 4.69) is 30.7 Å². The first-order valence-corrected chi connectivity index (χ1v) is 12.6. The van der Waals surface area contributed by atoms with E-state index in [-0.39, 0.29) is 18.6 Å². The van der Waals surface area contributed by atoms with Gasteiger partial charge in [0.05, 0.1) is 13.2 Å². The van der Waals surface area contributed by atoms with Gasteiger partial charge in [-0.25, -0.2) is 14.8 Å². The second kappa shape index (κ2) is 11.9. The maximum atomic E-state index is 12.7. The molecule has 0 aromatic rings. The Labute approximate surface area is 193 Å². The number of likely N-dealkylation sites (tertiary alicyclic amines) is 1. The molecule has 2 heterocycles. The number of ether oxygens (including phenoxy) is 1. The van der Waals surface area contributed by atoms with Gasteiger partial charge in [0.1, 0.15) is 11.5 Å². The third-order valence-electron chi connectivity index (χ3n) is 7.22. The average molecular weight is 447 g/mol. The number of methoxy groups -OCH3 is 1. The summed E-state index contributed by atoms with van der Waals surface area (Å²) in [6.45, 7) is 8.60. The van der Waals surface area contributed by atoms with Crippen LogP contribution >= 0.6 is 0 Å². The fourth-order valence-corrected chi connectivity index (χ4v) is 5.03. The number of carbonyl (C=O) groups excluding carboxylic acids is 1. The van der Waals surface area contributed by atoms with Crippen LogP contribution in [-0.4, -0.2) is 71.4 Å². The Morgan fingerprint density at radius 1 is 1.22 bits per heavy atom. The van der Waals surface area contributed by atoms with Crippen molar-refractivity contribution in [2.24, 2.45) is 21.9 Å². The van der Waals surface area contributed by atoms with Gasteiger partial charge in [0.15, 0.2) is 0 Å². The zero-order chi connectivity index (χ0) is 23.1. The summed E-state index contributed by atoms with van der Waals surface area (Å²) in [5.41, 5.74) is 1.52. The highest BCUT2D eigenvalue weighted by molar-refractivity contribution is 6.09. The molecule has 0 bridgehead atoms. The molecule has 0 aromatic carbocycles. The molecule has 0 amide bonds. The van der Waals surface area contributed by atoms with Crippen LogP contribution in [0.1, 0.15) is 78.6 Å². The third kappa shape index (κ3) is 6.19. The summed E-state index contributed by atoms with van der Waals surface area (Å²) in [6, 6.07) is 0.500. The highest BCUT2D eigenvalue weighted by atomic mass is 16.5. The number of rotatable bonds is 8. The van der Waals surface area contributed by atoms with E-state index in [1.807, 2.05) is 6.08 Å². The second-order valence-corrected chi connectivity index (χ2v) is 9.77. The highest BCUT2D eigenvalue weighted by Crippen LogP contribution is 2.29. The Morgan fingerprint density at radius 2 is 1.91 bits per heavy atom. The lowest BCUT2D eigenvalue weighted by molar-refractivity contribution is -0.136.